The predicted molar refractivity (Wildman–Crippen MR) is 92.3 cm³/mol. The van der Waals surface area contributed by atoms with E-state index >= 15 is 0 Å². The molecule has 1 amide bonds. The maximum absolute atomic E-state index is 11.9. The van der Waals surface area contributed by atoms with Crippen molar-refractivity contribution in [3.8, 4) is 0 Å². The molecule has 1 saturated carbocycles. The molecule has 3 N–H and O–H groups in total. The molecule has 0 aliphatic heterocycles. The van der Waals surface area contributed by atoms with Crippen LogP contribution in [0.25, 0.3) is 0 Å². The molecule has 1 aromatic rings. The molecule has 0 saturated heterocycles. The molecule has 0 spiro atoms. The minimum Gasteiger partial charge on any atom is -0.378 e. The van der Waals surface area contributed by atoms with Crippen molar-refractivity contribution >= 4 is 28.5 Å². The van der Waals surface area contributed by atoms with Crippen LogP contribution in [0.5, 0.6) is 0 Å². The van der Waals surface area contributed by atoms with E-state index in [1.807, 2.05) is 24.3 Å². The third kappa shape index (κ3) is 5.92. The van der Waals surface area contributed by atoms with Crippen LogP contribution in [-0.2, 0) is 4.74 Å². The number of nitrogens with one attached hydrogen (secondary N) is 1. The van der Waals surface area contributed by atoms with Crippen LogP contribution in [0.1, 0.15) is 42.5 Å². The molecule has 0 aromatic heterocycles. The van der Waals surface area contributed by atoms with E-state index in [1.54, 1.807) is 0 Å². The number of amides is 1. The highest BCUT2D eigenvalue weighted by Crippen LogP contribution is 2.19. The average Bonchev–Trinajstić information content (AvgIpc) is 2.49. The topological polar surface area (TPSA) is 64.3 Å². The first kappa shape index (κ1) is 16.7. The van der Waals surface area contributed by atoms with Gasteiger partial charge in [-0.1, -0.05) is 0 Å². The van der Waals surface area contributed by atoms with Crippen LogP contribution in [0.4, 0.5) is 0 Å². The Balaban J connectivity index is 1.57. The molecule has 1 fully saturated rings. The lowest BCUT2D eigenvalue weighted by molar-refractivity contribution is 0.0241. The predicted octanol–water partition coefficient (Wildman–Crippen LogP) is 2.70. The van der Waals surface area contributed by atoms with Crippen molar-refractivity contribution in [3.63, 3.8) is 0 Å². The van der Waals surface area contributed by atoms with Gasteiger partial charge in [-0.15, -0.1) is 0 Å². The lowest BCUT2D eigenvalue weighted by Crippen LogP contribution is -2.31. The molecule has 0 radical (unpaired) electrons. The Labute approximate surface area is 140 Å². The van der Waals surface area contributed by atoms with E-state index in [0.717, 1.165) is 35.7 Å². The Bertz CT molecular complexity index is 442. The second-order valence-electron chi connectivity index (χ2n) is 5.52. The summed E-state index contributed by atoms with van der Waals surface area (Å²) in [5.74, 6) is -0.0185. The fourth-order valence-corrected chi connectivity index (χ4v) is 2.84. The summed E-state index contributed by atoms with van der Waals surface area (Å²) in [6.07, 6.45) is 5.46. The number of nitrogens with two attached hydrogens (primary N) is 1. The van der Waals surface area contributed by atoms with Gasteiger partial charge >= 0.3 is 0 Å². The molecule has 4 nitrogen and oxygen atoms in total. The molecular weight excluding hydrogens is 379 g/mol. The number of rotatable bonds is 6. The summed E-state index contributed by atoms with van der Waals surface area (Å²) in [5.41, 5.74) is 6.57. The van der Waals surface area contributed by atoms with Crippen LogP contribution < -0.4 is 11.1 Å². The highest BCUT2D eigenvalue weighted by molar-refractivity contribution is 14.1. The largest absolute Gasteiger partial charge is 0.378 e. The lowest BCUT2D eigenvalue weighted by Gasteiger charge is -2.26. The zero-order valence-corrected chi connectivity index (χ0v) is 14.3. The summed E-state index contributed by atoms with van der Waals surface area (Å²) in [4.78, 5) is 11.9. The molecule has 1 aromatic carbocycles. The van der Waals surface area contributed by atoms with Gasteiger partial charge in [0, 0.05) is 28.3 Å². The van der Waals surface area contributed by atoms with Gasteiger partial charge < -0.3 is 15.8 Å². The second kappa shape index (κ2) is 8.70. The molecule has 21 heavy (non-hydrogen) atoms. The molecule has 116 valence electrons. The van der Waals surface area contributed by atoms with Gasteiger partial charge in [0.15, 0.2) is 0 Å². The fourth-order valence-electron chi connectivity index (χ4n) is 2.48. The summed E-state index contributed by atoms with van der Waals surface area (Å²) in [6.45, 7) is 1.35. The van der Waals surface area contributed by atoms with E-state index in [9.17, 15) is 4.79 Å². The summed E-state index contributed by atoms with van der Waals surface area (Å²) in [7, 11) is 0. The fraction of sp³-hybridized carbons (Fsp3) is 0.562. The van der Waals surface area contributed by atoms with Gasteiger partial charge in [0.2, 0.25) is 0 Å². The van der Waals surface area contributed by atoms with E-state index in [0.29, 0.717) is 30.9 Å². The molecule has 0 heterocycles. The number of halogens is 1. The normalized spacial score (nSPS) is 22.0. The second-order valence-corrected chi connectivity index (χ2v) is 6.77. The number of benzene rings is 1. The third-order valence-electron chi connectivity index (χ3n) is 3.79. The van der Waals surface area contributed by atoms with Crippen LogP contribution in [0.3, 0.4) is 0 Å². The van der Waals surface area contributed by atoms with Crippen molar-refractivity contribution in [2.24, 2.45) is 5.73 Å². The molecule has 0 bridgehead atoms. The van der Waals surface area contributed by atoms with Crippen molar-refractivity contribution in [3.05, 3.63) is 33.4 Å². The SMILES string of the molecule is NC1CCC(OCCCNC(=O)c2ccc(I)cc2)CC1. The Morgan fingerprint density at radius 1 is 1.24 bits per heavy atom. The van der Waals surface area contributed by atoms with Gasteiger partial charge in [-0.3, -0.25) is 4.79 Å². The highest BCUT2D eigenvalue weighted by Gasteiger charge is 2.18. The van der Waals surface area contributed by atoms with Gasteiger partial charge in [0.25, 0.3) is 5.91 Å². The highest BCUT2D eigenvalue weighted by atomic mass is 127. The maximum atomic E-state index is 11.9. The van der Waals surface area contributed by atoms with Gasteiger partial charge in [0.1, 0.15) is 0 Å². The van der Waals surface area contributed by atoms with E-state index < -0.39 is 0 Å². The number of carbonyl (C=O) groups is 1. The first-order valence-corrected chi connectivity index (χ1v) is 8.64. The lowest BCUT2D eigenvalue weighted by atomic mass is 9.94. The molecule has 5 heteroatoms. The quantitative estimate of drug-likeness (QED) is 0.568. The van der Waals surface area contributed by atoms with Crippen molar-refractivity contribution in [2.45, 2.75) is 44.2 Å². The zero-order chi connectivity index (χ0) is 15.1. The van der Waals surface area contributed by atoms with E-state index in [2.05, 4.69) is 27.9 Å². The first-order chi connectivity index (χ1) is 10.1. The van der Waals surface area contributed by atoms with Crippen LogP contribution in [0.2, 0.25) is 0 Å². The van der Waals surface area contributed by atoms with Gasteiger partial charge in [-0.25, -0.2) is 0 Å². The number of hydrogen-bond donors (Lipinski definition) is 2. The van der Waals surface area contributed by atoms with Gasteiger partial charge in [0.05, 0.1) is 6.10 Å². The standard InChI is InChI=1S/C16H23IN2O2/c17-13-4-2-12(3-5-13)16(20)19-10-1-11-21-15-8-6-14(18)7-9-15/h2-5,14-15H,1,6-11,18H2,(H,19,20). The smallest absolute Gasteiger partial charge is 0.251 e. The number of hydrogen-bond acceptors (Lipinski definition) is 3. The van der Waals surface area contributed by atoms with Crippen molar-refractivity contribution < 1.29 is 9.53 Å². The molecule has 0 atom stereocenters. The molecule has 0 unspecified atom stereocenters. The van der Waals surface area contributed by atoms with Crippen molar-refractivity contribution in [1.29, 1.82) is 0 Å². The van der Waals surface area contributed by atoms with Gasteiger partial charge in [-0.2, -0.15) is 0 Å². The van der Waals surface area contributed by atoms with Crippen molar-refractivity contribution in [2.75, 3.05) is 13.2 Å². The van der Waals surface area contributed by atoms with E-state index in [-0.39, 0.29) is 5.91 Å². The zero-order valence-electron chi connectivity index (χ0n) is 12.2. The minimum absolute atomic E-state index is 0.0185. The number of carbonyl (C=O) groups excluding carboxylic acids is 1. The molecular formula is C16H23IN2O2. The summed E-state index contributed by atoms with van der Waals surface area (Å²) in [6, 6.07) is 7.93. The van der Waals surface area contributed by atoms with Crippen LogP contribution in [-0.4, -0.2) is 31.2 Å². The summed E-state index contributed by atoms with van der Waals surface area (Å²) >= 11 is 2.23. The molecule has 2 rings (SSSR count). The van der Waals surface area contributed by atoms with E-state index in [4.69, 9.17) is 10.5 Å². The van der Waals surface area contributed by atoms with Crippen molar-refractivity contribution in [1.82, 2.24) is 5.32 Å². The van der Waals surface area contributed by atoms with E-state index in [1.165, 1.54) is 0 Å². The Hall–Kier alpha value is -0.660. The Kier molecular flexibility index (Phi) is 6.92. The molecule has 1 aliphatic carbocycles. The molecule has 1 aliphatic rings. The third-order valence-corrected chi connectivity index (χ3v) is 4.50. The Morgan fingerprint density at radius 3 is 2.57 bits per heavy atom. The minimum atomic E-state index is -0.0185. The Morgan fingerprint density at radius 2 is 1.90 bits per heavy atom. The number of ether oxygens (including phenoxy) is 1. The average molecular weight is 402 g/mol. The monoisotopic (exact) mass is 402 g/mol. The van der Waals surface area contributed by atoms with Gasteiger partial charge in [-0.05, 0) is 79.0 Å². The first-order valence-electron chi connectivity index (χ1n) is 7.56. The summed E-state index contributed by atoms with van der Waals surface area (Å²) in [5, 5.41) is 2.92. The summed E-state index contributed by atoms with van der Waals surface area (Å²) < 4.78 is 6.96. The van der Waals surface area contributed by atoms with Crippen LogP contribution in [0.15, 0.2) is 24.3 Å². The maximum Gasteiger partial charge on any atom is 0.251 e. The van der Waals surface area contributed by atoms with Crippen LogP contribution in [0, 0.1) is 3.57 Å². The van der Waals surface area contributed by atoms with Crippen LogP contribution >= 0.6 is 22.6 Å².